The molecule has 1 fully saturated rings. The lowest BCUT2D eigenvalue weighted by Gasteiger charge is -2.11. The maximum absolute atomic E-state index is 11.7. The fourth-order valence-corrected chi connectivity index (χ4v) is 2.32. The first-order valence-corrected chi connectivity index (χ1v) is 5.86. The minimum absolute atomic E-state index is 0.0856. The van der Waals surface area contributed by atoms with Crippen LogP contribution in [-0.4, -0.2) is 11.9 Å². The Morgan fingerprint density at radius 2 is 2.29 bits per heavy atom. The van der Waals surface area contributed by atoms with Gasteiger partial charge in [-0.1, -0.05) is 0 Å². The molecule has 1 aliphatic rings. The Hall–Kier alpha value is -0.830. The minimum atomic E-state index is 0.0856. The summed E-state index contributed by atoms with van der Waals surface area (Å²) in [7, 11) is 0. The van der Waals surface area contributed by atoms with Gasteiger partial charge in [-0.15, -0.1) is 11.3 Å². The van der Waals surface area contributed by atoms with Crippen LogP contribution in [0.1, 0.15) is 34.3 Å². The van der Waals surface area contributed by atoms with Gasteiger partial charge in [0, 0.05) is 10.9 Å². The molecule has 1 saturated carbocycles. The Bertz CT molecular complexity index is 341. The molecule has 0 aromatic carbocycles. The van der Waals surface area contributed by atoms with E-state index in [0.29, 0.717) is 6.04 Å². The quantitative estimate of drug-likeness (QED) is 0.814. The van der Waals surface area contributed by atoms with Gasteiger partial charge in [0.1, 0.15) is 0 Å². The summed E-state index contributed by atoms with van der Waals surface area (Å²) >= 11 is 1.56. The minimum Gasteiger partial charge on any atom is -0.349 e. The molecule has 0 saturated heterocycles. The number of nitrogens with one attached hydrogen (secondary N) is 1. The van der Waals surface area contributed by atoms with E-state index in [0.717, 1.165) is 10.8 Å². The van der Waals surface area contributed by atoms with Crippen molar-refractivity contribution in [3.05, 3.63) is 21.9 Å². The first kappa shape index (κ1) is 9.71. The highest BCUT2D eigenvalue weighted by Crippen LogP contribution is 2.32. The summed E-state index contributed by atoms with van der Waals surface area (Å²) in [6, 6.07) is 4.22. The van der Waals surface area contributed by atoms with Crippen molar-refractivity contribution in [2.45, 2.75) is 32.7 Å². The van der Waals surface area contributed by atoms with Gasteiger partial charge in [-0.3, -0.25) is 4.79 Å². The highest BCUT2D eigenvalue weighted by Gasteiger charge is 2.29. The number of hydrogen-bond donors (Lipinski definition) is 1. The van der Waals surface area contributed by atoms with Crippen LogP contribution in [-0.2, 0) is 0 Å². The van der Waals surface area contributed by atoms with E-state index in [1.54, 1.807) is 11.3 Å². The lowest BCUT2D eigenvalue weighted by atomic mass is 10.2. The second-order valence-electron chi connectivity index (χ2n) is 4.01. The second-order valence-corrected chi connectivity index (χ2v) is 5.30. The van der Waals surface area contributed by atoms with Gasteiger partial charge in [0.15, 0.2) is 0 Å². The standard InChI is InChI=1S/C11H15NOS/c1-7-3-6-10(14-7)11(13)12-8(2)9-4-5-9/h3,6,8-9H,4-5H2,1-2H3,(H,12,13). The van der Waals surface area contributed by atoms with Crippen LogP contribution in [0.2, 0.25) is 0 Å². The maximum atomic E-state index is 11.7. The Morgan fingerprint density at radius 3 is 2.79 bits per heavy atom. The molecule has 76 valence electrons. The molecule has 0 bridgehead atoms. The topological polar surface area (TPSA) is 29.1 Å². The average molecular weight is 209 g/mol. The third-order valence-corrected chi connectivity index (χ3v) is 3.65. The van der Waals surface area contributed by atoms with Gasteiger partial charge in [0.05, 0.1) is 4.88 Å². The third kappa shape index (κ3) is 2.15. The molecule has 0 aliphatic heterocycles. The summed E-state index contributed by atoms with van der Waals surface area (Å²) in [6.07, 6.45) is 2.54. The third-order valence-electron chi connectivity index (χ3n) is 2.65. The molecule has 2 rings (SSSR count). The highest BCUT2D eigenvalue weighted by atomic mass is 32.1. The molecular weight excluding hydrogens is 194 g/mol. The molecule has 0 spiro atoms. The first-order chi connectivity index (χ1) is 6.66. The van der Waals surface area contributed by atoms with E-state index in [2.05, 4.69) is 12.2 Å². The van der Waals surface area contributed by atoms with Crippen molar-refractivity contribution >= 4 is 17.2 Å². The van der Waals surface area contributed by atoms with Gasteiger partial charge in [-0.25, -0.2) is 0 Å². The van der Waals surface area contributed by atoms with Crippen LogP contribution >= 0.6 is 11.3 Å². The van der Waals surface area contributed by atoms with Gasteiger partial charge in [-0.05, 0) is 44.7 Å². The molecule has 2 nitrogen and oxygen atoms in total. The Balaban J connectivity index is 1.94. The van der Waals surface area contributed by atoms with Crippen molar-refractivity contribution in [2.24, 2.45) is 5.92 Å². The van der Waals surface area contributed by atoms with Crippen LogP contribution in [0.15, 0.2) is 12.1 Å². The molecular formula is C11H15NOS. The second kappa shape index (κ2) is 3.73. The van der Waals surface area contributed by atoms with Crippen molar-refractivity contribution in [3.63, 3.8) is 0 Å². The largest absolute Gasteiger partial charge is 0.349 e. The van der Waals surface area contributed by atoms with E-state index < -0.39 is 0 Å². The number of carbonyl (C=O) groups is 1. The zero-order valence-electron chi connectivity index (χ0n) is 8.54. The summed E-state index contributed by atoms with van der Waals surface area (Å²) in [4.78, 5) is 13.7. The fraction of sp³-hybridized carbons (Fsp3) is 0.545. The first-order valence-electron chi connectivity index (χ1n) is 5.04. The molecule has 1 atom stereocenters. The molecule has 1 heterocycles. The van der Waals surface area contributed by atoms with Crippen molar-refractivity contribution in [3.8, 4) is 0 Å². The Kier molecular flexibility index (Phi) is 2.59. The molecule has 1 aliphatic carbocycles. The molecule has 0 radical (unpaired) electrons. The van der Waals surface area contributed by atoms with Crippen molar-refractivity contribution in [1.29, 1.82) is 0 Å². The number of aryl methyl sites for hydroxylation is 1. The van der Waals surface area contributed by atoms with Crippen molar-refractivity contribution < 1.29 is 4.79 Å². The zero-order valence-corrected chi connectivity index (χ0v) is 9.36. The summed E-state index contributed by atoms with van der Waals surface area (Å²) in [5.74, 6) is 0.808. The van der Waals surface area contributed by atoms with Crippen LogP contribution in [0.5, 0.6) is 0 Å². The van der Waals surface area contributed by atoms with E-state index in [4.69, 9.17) is 0 Å². The highest BCUT2D eigenvalue weighted by molar-refractivity contribution is 7.13. The molecule has 14 heavy (non-hydrogen) atoms. The van der Waals surface area contributed by atoms with Crippen molar-refractivity contribution in [1.82, 2.24) is 5.32 Å². The SMILES string of the molecule is Cc1ccc(C(=O)NC(C)C2CC2)s1. The van der Waals surface area contributed by atoms with Crippen LogP contribution < -0.4 is 5.32 Å². The lowest BCUT2D eigenvalue weighted by Crippen LogP contribution is -2.33. The lowest BCUT2D eigenvalue weighted by molar-refractivity contribution is 0.0940. The predicted octanol–water partition coefficient (Wildman–Crippen LogP) is 2.58. The number of carbonyl (C=O) groups excluding carboxylic acids is 1. The van der Waals surface area contributed by atoms with Gasteiger partial charge >= 0.3 is 0 Å². The van der Waals surface area contributed by atoms with Crippen LogP contribution in [0.3, 0.4) is 0 Å². The van der Waals surface area contributed by atoms with Gasteiger partial charge in [0.2, 0.25) is 0 Å². The number of thiophene rings is 1. The molecule has 1 unspecified atom stereocenters. The van der Waals surface area contributed by atoms with Crippen LogP contribution in [0, 0.1) is 12.8 Å². The Labute approximate surface area is 88.3 Å². The molecule has 3 heteroatoms. The summed E-state index contributed by atoms with van der Waals surface area (Å²) in [6.45, 7) is 4.11. The van der Waals surface area contributed by atoms with E-state index in [9.17, 15) is 4.79 Å². The molecule has 1 aromatic rings. The zero-order chi connectivity index (χ0) is 10.1. The summed E-state index contributed by atoms with van der Waals surface area (Å²) < 4.78 is 0. The van der Waals surface area contributed by atoms with Gasteiger partial charge in [-0.2, -0.15) is 0 Å². The predicted molar refractivity (Wildman–Crippen MR) is 58.7 cm³/mol. The number of hydrogen-bond acceptors (Lipinski definition) is 2. The monoisotopic (exact) mass is 209 g/mol. The van der Waals surface area contributed by atoms with Crippen LogP contribution in [0.25, 0.3) is 0 Å². The molecule has 1 N–H and O–H groups in total. The van der Waals surface area contributed by atoms with Crippen LogP contribution in [0.4, 0.5) is 0 Å². The van der Waals surface area contributed by atoms with E-state index >= 15 is 0 Å². The fourth-order valence-electron chi connectivity index (χ4n) is 1.55. The number of amides is 1. The smallest absolute Gasteiger partial charge is 0.261 e. The van der Waals surface area contributed by atoms with E-state index in [1.807, 2.05) is 19.1 Å². The normalized spacial score (nSPS) is 17.9. The summed E-state index contributed by atoms with van der Waals surface area (Å²) in [5, 5.41) is 3.04. The van der Waals surface area contributed by atoms with Gasteiger partial charge < -0.3 is 5.32 Å². The van der Waals surface area contributed by atoms with E-state index in [1.165, 1.54) is 17.7 Å². The summed E-state index contributed by atoms with van der Waals surface area (Å²) in [5.41, 5.74) is 0. The van der Waals surface area contributed by atoms with E-state index in [-0.39, 0.29) is 5.91 Å². The molecule has 1 aromatic heterocycles. The van der Waals surface area contributed by atoms with Crippen molar-refractivity contribution in [2.75, 3.05) is 0 Å². The Morgan fingerprint density at radius 1 is 1.57 bits per heavy atom. The average Bonchev–Trinajstić information content (AvgIpc) is 2.89. The number of rotatable bonds is 3. The molecule has 1 amide bonds. The van der Waals surface area contributed by atoms with Gasteiger partial charge in [0.25, 0.3) is 5.91 Å². The maximum Gasteiger partial charge on any atom is 0.261 e.